The maximum absolute atomic E-state index is 10.3. The SMILES string of the molecule is O=Nn1ccc2c(Cl)cccc21. The minimum atomic E-state index is 0.634. The molecule has 0 aliphatic carbocycles. The number of nitroso groups, excluding NO2 is 1. The van der Waals surface area contributed by atoms with Gasteiger partial charge in [0.15, 0.2) is 0 Å². The van der Waals surface area contributed by atoms with Crippen molar-refractivity contribution in [3.8, 4) is 0 Å². The van der Waals surface area contributed by atoms with Gasteiger partial charge in [0, 0.05) is 11.6 Å². The van der Waals surface area contributed by atoms with Crippen molar-refractivity contribution in [2.24, 2.45) is 5.29 Å². The molecule has 1 aromatic carbocycles. The van der Waals surface area contributed by atoms with E-state index in [0.29, 0.717) is 5.02 Å². The molecule has 0 amide bonds. The summed E-state index contributed by atoms with van der Waals surface area (Å²) >= 11 is 5.87. The number of nitrogens with zero attached hydrogens (tertiary/aromatic N) is 2. The van der Waals surface area contributed by atoms with Gasteiger partial charge in [-0.05, 0) is 18.2 Å². The van der Waals surface area contributed by atoms with Crippen LogP contribution in [0.5, 0.6) is 0 Å². The molecule has 0 bridgehead atoms. The van der Waals surface area contributed by atoms with Gasteiger partial charge in [-0.1, -0.05) is 17.7 Å². The Morgan fingerprint density at radius 1 is 1.33 bits per heavy atom. The standard InChI is InChI=1S/C8H5ClN2O/c9-7-2-1-3-8-6(7)4-5-11(8)10-12/h1-5H. The van der Waals surface area contributed by atoms with Crippen molar-refractivity contribution in [2.75, 3.05) is 0 Å². The molecule has 0 spiro atoms. The highest BCUT2D eigenvalue weighted by Crippen LogP contribution is 2.23. The molecule has 1 aromatic heterocycles. The fourth-order valence-electron chi connectivity index (χ4n) is 1.19. The molecule has 0 saturated heterocycles. The molecule has 2 rings (SSSR count). The maximum Gasteiger partial charge on any atom is 0.0765 e. The van der Waals surface area contributed by atoms with E-state index in [4.69, 9.17) is 11.6 Å². The number of hydrogen-bond acceptors (Lipinski definition) is 2. The van der Waals surface area contributed by atoms with Crippen LogP contribution in [0.25, 0.3) is 10.9 Å². The zero-order valence-electron chi connectivity index (χ0n) is 6.07. The van der Waals surface area contributed by atoms with E-state index in [1.54, 1.807) is 30.5 Å². The number of aromatic nitrogens is 1. The lowest BCUT2D eigenvalue weighted by atomic mass is 10.2. The van der Waals surface area contributed by atoms with Crippen molar-refractivity contribution >= 4 is 22.5 Å². The van der Waals surface area contributed by atoms with Crippen molar-refractivity contribution in [1.29, 1.82) is 0 Å². The lowest BCUT2D eigenvalue weighted by molar-refractivity contribution is 0.913. The van der Waals surface area contributed by atoms with Crippen LogP contribution in [0.1, 0.15) is 0 Å². The monoisotopic (exact) mass is 180 g/mol. The molecule has 0 unspecified atom stereocenters. The minimum Gasteiger partial charge on any atom is -0.204 e. The summed E-state index contributed by atoms with van der Waals surface area (Å²) in [5, 5.41) is 4.29. The molecule has 0 radical (unpaired) electrons. The third-order valence-electron chi connectivity index (χ3n) is 1.75. The molecule has 0 saturated carbocycles. The van der Waals surface area contributed by atoms with Gasteiger partial charge in [-0.15, -0.1) is 4.91 Å². The van der Waals surface area contributed by atoms with Gasteiger partial charge in [0.05, 0.1) is 15.8 Å². The molecule has 4 heteroatoms. The number of hydrogen-bond donors (Lipinski definition) is 0. The Balaban J connectivity index is 2.88. The van der Waals surface area contributed by atoms with Gasteiger partial charge in [0.1, 0.15) is 0 Å². The Morgan fingerprint density at radius 3 is 2.92 bits per heavy atom. The lowest BCUT2D eigenvalue weighted by Gasteiger charge is -1.93. The predicted octanol–water partition coefficient (Wildman–Crippen LogP) is 2.82. The first-order chi connectivity index (χ1) is 5.83. The molecule has 1 heterocycles. The Kier molecular flexibility index (Phi) is 1.59. The Hall–Kier alpha value is -1.35. The van der Waals surface area contributed by atoms with E-state index < -0.39 is 0 Å². The summed E-state index contributed by atoms with van der Waals surface area (Å²) in [6.45, 7) is 0. The zero-order chi connectivity index (χ0) is 8.55. The van der Waals surface area contributed by atoms with E-state index in [2.05, 4.69) is 5.29 Å². The Morgan fingerprint density at radius 2 is 2.17 bits per heavy atom. The largest absolute Gasteiger partial charge is 0.204 e. The first-order valence-corrected chi connectivity index (χ1v) is 3.80. The van der Waals surface area contributed by atoms with E-state index >= 15 is 0 Å². The summed E-state index contributed by atoms with van der Waals surface area (Å²) in [6, 6.07) is 7.12. The van der Waals surface area contributed by atoms with Crippen LogP contribution in [-0.2, 0) is 0 Å². The quantitative estimate of drug-likeness (QED) is 0.622. The minimum absolute atomic E-state index is 0.634. The molecule has 12 heavy (non-hydrogen) atoms. The van der Waals surface area contributed by atoms with Crippen LogP contribution in [0, 0.1) is 4.91 Å². The van der Waals surface area contributed by atoms with Crippen LogP contribution < -0.4 is 0 Å². The molecule has 2 aromatic rings. The average molecular weight is 181 g/mol. The highest BCUT2D eigenvalue weighted by molar-refractivity contribution is 6.35. The number of fused-ring (bicyclic) bond motifs is 1. The fraction of sp³-hybridized carbons (Fsp3) is 0. The van der Waals surface area contributed by atoms with Crippen molar-refractivity contribution < 1.29 is 0 Å². The second kappa shape index (κ2) is 2.60. The molecule has 0 atom stereocenters. The van der Waals surface area contributed by atoms with E-state index in [-0.39, 0.29) is 0 Å². The third kappa shape index (κ3) is 0.905. The molecule has 3 nitrogen and oxygen atoms in total. The summed E-state index contributed by atoms with van der Waals surface area (Å²) in [4.78, 5) is 10.3. The summed E-state index contributed by atoms with van der Waals surface area (Å²) < 4.78 is 1.25. The lowest BCUT2D eigenvalue weighted by Crippen LogP contribution is -1.81. The Bertz CT molecular complexity index is 436. The molecule has 0 fully saturated rings. The van der Waals surface area contributed by atoms with Crippen LogP contribution in [0.15, 0.2) is 35.7 Å². The molecule has 60 valence electrons. The van der Waals surface area contributed by atoms with E-state index in [0.717, 1.165) is 10.9 Å². The maximum atomic E-state index is 10.3. The van der Waals surface area contributed by atoms with Gasteiger partial charge in [-0.3, -0.25) is 0 Å². The second-order valence-electron chi connectivity index (χ2n) is 2.41. The second-order valence-corrected chi connectivity index (χ2v) is 2.82. The van der Waals surface area contributed by atoms with Crippen molar-refractivity contribution in [1.82, 2.24) is 4.68 Å². The Labute approximate surface area is 73.5 Å². The zero-order valence-corrected chi connectivity index (χ0v) is 6.82. The number of halogens is 1. The van der Waals surface area contributed by atoms with Gasteiger partial charge in [-0.25, -0.2) is 4.68 Å². The normalized spacial score (nSPS) is 10.4. The van der Waals surface area contributed by atoms with Crippen molar-refractivity contribution in [3.63, 3.8) is 0 Å². The van der Waals surface area contributed by atoms with Crippen LogP contribution in [0.3, 0.4) is 0 Å². The molecular weight excluding hydrogens is 176 g/mol. The van der Waals surface area contributed by atoms with Crippen molar-refractivity contribution in [3.05, 3.63) is 40.4 Å². The number of rotatable bonds is 1. The highest BCUT2D eigenvalue weighted by Gasteiger charge is 2.02. The third-order valence-corrected chi connectivity index (χ3v) is 2.08. The number of benzene rings is 1. The summed E-state index contributed by atoms with van der Waals surface area (Å²) in [5.41, 5.74) is 0.734. The molecular formula is C8H5ClN2O. The average Bonchev–Trinajstić information content (AvgIpc) is 2.49. The topological polar surface area (TPSA) is 34.4 Å². The van der Waals surface area contributed by atoms with Gasteiger partial charge < -0.3 is 0 Å². The fourth-order valence-corrected chi connectivity index (χ4v) is 1.42. The smallest absolute Gasteiger partial charge is 0.0765 e. The van der Waals surface area contributed by atoms with E-state index in [1.165, 1.54) is 4.68 Å². The molecule has 0 N–H and O–H groups in total. The first kappa shape index (κ1) is 7.31. The summed E-state index contributed by atoms with van der Waals surface area (Å²) in [7, 11) is 0. The highest BCUT2D eigenvalue weighted by atomic mass is 35.5. The molecule has 0 aliphatic heterocycles. The van der Waals surface area contributed by atoms with Crippen LogP contribution in [-0.4, -0.2) is 4.68 Å². The summed E-state index contributed by atoms with van der Waals surface area (Å²) in [5.74, 6) is 0. The van der Waals surface area contributed by atoms with E-state index in [1.807, 2.05) is 0 Å². The van der Waals surface area contributed by atoms with Gasteiger partial charge in [-0.2, -0.15) is 0 Å². The van der Waals surface area contributed by atoms with Gasteiger partial charge >= 0.3 is 0 Å². The van der Waals surface area contributed by atoms with Crippen molar-refractivity contribution in [2.45, 2.75) is 0 Å². The predicted molar refractivity (Wildman–Crippen MR) is 48.1 cm³/mol. The van der Waals surface area contributed by atoms with Gasteiger partial charge in [0.2, 0.25) is 0 Å². The van der Waals surface area contributed by atoms with Crippen LogP contribution >= 0.6 is 11.6 Å². The summed E-state index contributed by atoms with van der Waals surface area (Å²) in [6.07, 6.45) is 1.59. The van der Waals surface area contributed by atoms with Gasteiger partial charge in [0.25, 0.3) is 0 Å². The first-order valence-electron chi connectivity index (χ1n) is 3.42. The van der Waals surface area contributed by atoms with Crippen LogP contribution in [0.2, 0.25) is 5.02 Å². The van der Waals surface area contributed by atoms with E-state index in [9.17, 15) is 4.91 Å². The van der Waals surface area contributed by atoms with Crippen LogP contribution in [0.4, 0.5) is 0 Å². The molecule has 0 aliphatic rings.